The van der Waals surface area contributed by atoms with E-state index in [-0.39, 0.29) is 11.7 Å². The van der Waals surface area contributed by atoms with Crippen LogP contribution in [0.25, 0.3) is 11.3 Å². The van der Waals surface area contributed by atoms with Crippen LogP contribution in [0.3, 0.4) is 0 Å². The Kier molecular flexibility index (Phi) is 5.91. The van der Waals surface area contributed by atoms with Gasteiger partial charge in [0.15, 0.2) is 0 Å². The lowest BCUT2D eigenvalue weighted by Gasteiger charge is -2.06. The number of hydrogen-bond acceptors (Lipinski definition) is 4. The third kappa shape index (κ3) is 4.95. The maximum absolute atomic E-state index is 12.0. The molecule has 1 aromatic heterocycles. The van der Waals surface area contributed by atoms with Crippen LogP contribution in [0.15, 0.2) is 65.7 Å². The largest absolute Gasteiger partial charge is 0.325 e. The van der Waals surface area contributed by atoms with Gasteiger partial charge in [-0.05, 0) is 30.3 Å². The van der Waals surface area contributed by atoms with Gasteiger partial charge in [-0.3, -0.25) is 4.79 Å². The van der Waals surface area contributed by atoms with Crippen molar-refractivity contribution in [2.24, 2.45) is 0 Å². The van der Waals surface area contributed by atoms with Crippen LogP contribution in [0.2, 0.25) is 10.0 Å². The Bertz CT molecular complexity index is 873. The van der Waals surface area contributed by atoms with Crippen LogP contribution >= 0.6 is 35.0 Å². The van der Waals surface area contributed by atoms with Gasteiger partial charge in [-0.15, -0.1) is 10.2 Å². The number of carbonyl (C=O) groups is 1. The molecular weight excluding hydrogens is 377 g/mol. The quantitative estimate of drug-likeness (QED) is 0.610. The van der Waals surface area contributed by atoms with Gasteiger partial charge in [-0.2, -0.15) is 0 Å². The first kappa shape index (κ1) is 17.7. The van der Waals surface area contributed by atoms with E-state index in [1.165, 1.54) is 11.8 Å². The van der Waals surface area contributed by atoms with Gasteiger partial charge in [0.2, 0.25) is 5.91 Å². The number of thioether (sulfide) groups is 1. The molecule has 0 fully saturated rings. The normalized spacial score (nSPS) is 10.5. The summed E-state index contributed by atoms with van der Waals surface area (Å²) in [4.78, 5) is 12.0. The van der Waals surface area contributed by atoms with Crippen LogP contribution in [-0.4, -0.2) is 21.9 Å². The van der Waals surface area contributed by atoms with E-state index < -0.39 is 0 Å². The fourth-order valence-corrected chi connectivity index (χ4v) is 2.98. The van der Waals surface area contributed by atoms with Crippen molar-refractivity contribution in [3.05, 3.63) is 70.7 Å². The maximum Gasteiger partial charge on any atom is 0.234 e. The molecule has 0 radical (unpaired) electrons. The third-order valence-electron chi connectivity index (χ3n) is 3.26. The molecule has 0 saturated carbocycles. The molecule has 0 aliphatic heterocycles. The fourth-order valence-electron chi connectivity index (χ4n) is 2.07. The van der Waals surface area contributed by atoms with E-state index in [4.69, 9.17) is 23.2 Å². The van der Waals surface area contributed by atoms with Gasteiger partial charge in [0.05, 0.1) is 21.5 Å². The molecule has 3 rings (SSSR count). The van der Waals surface area contributed by atoms with E-state index in [0.29, 0.717) is 20.8 Å². The second-order valence-corrected chi connectivity index (χ2v) is 6.90. The maximum atomic E-state index is 12.0. The zero-order valence-electron chi connectivity index (χ0n) is 12.9. The summed E-state index contributed by atoms with van der Waals surface area (Å²) in [5.41, 5.74) is 2.40. The predicted molar refractivity (Wildman–Crippen MR) is 103 cm³/mol. The topological polar surface area (TPSA) is 54.9 Å². The summed E-state index contributed by atoms with van der Waals surface area (Å²) in [6, 6.07) is 18.5. The molecule has 4 nitrogen and oxygen atoms in total. The number of aromatic nitrogens is 2. The van der Waals surface area contributed by atoms with Gasteiger partial charge in [-0.25, -0.2) is 0 Å². The molecule has 0 bridgehead atoms. The van der Waals surface area contributed by atoms with E-state index in [1.54, 1.807) is 18.2 Å². The molecule has 1 N–H and O–H groups in total. The van der Waals surface area contributed by atoms with Gasteiger partial charge < -0.3 is 5.32 Å². The zero-order chi connectivity index (χ0) is 17.6. The van der Waals surface area contributed by atoms with Gasteiger partial charge in [-0.1, -0.05) is 65.3 Å². The summed E-state index contributed by atoms with van der Waals surface area (Å²) in [6.45, 7) is 0. The van der Waals surface area contributed by atoms with Crippen LogP contribution < -0.4 is 5.32 Å². The van der Waals surface area contributed by atoms with Crippen LogP contribution in [0, 0.1) is 0 Å². The Morgan fingerprint density at radius 2 is 1.76 bits per heavy atom. The highest BCUT2D eigenvalue weighted by atomic mass is 35.5. The number of anilines is 1. The van der Waals surface area contributed by atoms with Crippen molar-refractivity contribution in [3.63, 3.8) is 0 Å². The van der Waals surface area contributed by atoms with Crippen molar-refractivity contribution in [1.29, 1.82) is 0 Å². The lowest BCUT2D eigenvalue weighted by atomic mass is 10.1. The average molecular weight is 390 g/mol. The van der Waals surface area contributed by atoms with E-state index in [9.17, 15) is 4.79 Å². The summed E-state index contributed by atoms with van der Waals surface area (Å²) in [7, 11) is 0. The van der Waals surface area contributed by atoms with Crippen LogP contribution in [0.4, 0.5) is 5.69 Å². The summed E-state index contributed by atoms with van der Waals surface area (Å²) in [6.07, 6.45) is 0. The molecular formula is C18H13Cl2N3OS. The minimum atomic E-state index is -0.155. The Balaban J connectivity index is 1.56. The molecule has 126 valence electrons. The standard InChI is InChI=1S/C18H13Cl2N3OS/c19-14-7-6-13(10-15(14)20)21-17(24)11-25-18-9-8-16(22-23-18)12-4-2-1-3-5-12/h1-10H,11H2,(H,21,24). The summed E-state index contributed by atoms with van der Waals surface area (Å²) < 4.78 is 0. The van der Waals surface area contributed by atoms with E-state index in [0.717, 1.165) is 11.3 Å². The highest BCUT2D eigenvalue weighted by Gasteiger charge is 2.07. The molecule has 0 atom stereocenters. The van der Waals surface area contributed by atoms with Crippen LogP contribution in [-0.2, 0) is 4.79 Å². The summed E-state index contributed by atoms with van der Waals surface area (Å²) >= 11 is 13.1. The number of benzene rings is 2. The second-order valence-electron chi connectivity index (χ2n) is 5.09. The SMILES string of the molecule is O=C(CSc1ccc(-c2ccccc2)nn1)Nc1ccc(Cl)c(Cl)c1. The molecule has 0 unspecified atom stereocenters. The van der Waals surface area contributed by atoms with Crippen LogP contribution in [0.1, 0.15) is 0 Å². The number of rotatable bonds is 5. The highest BCUT2D eigenvalue weighted by molar-refractivity contribution is 7.99. The number of halogens is 2. The van der Waals surface area contributed by atoms with Crippen LogP contribution in [0.5, 0.6) is 0 Å². The van der Waals surface area contributed by atoms with Crippen molar-refractivity contribution in [1.82, 2.24) is 10.2 Å². The first-order chi connectivity index (χ1) is 12.1. The molecule has 1 amide bonds. The minimum absolute atomic E-state index is 0.155. The number of hydrogen-bond donors (Lipinski definition) is 1. The minimum Gasteiger partial charge on any atom is -0.325 e. The smallest absolute Gasteiger partial charge is 0.234 e. The number of nitrogens with zero attached hydrogens (tertiary/aromatic N) is 2. The Labute approximate surface area is 159 Å². The molecule has 0 aliphatic rings. The molecule has 0 spiro atoms. The molecule has 0 aliphatic carbocycles. The fraction of sp³-hybridized carbons (Fsp3) is 0.0556. The molecule has 3 aromatic rings. The van der Waals surface area contributed by atoms with Crippen molar-refractivity contribution < 1.29 is 4.79 Å². The molecule has 25 heavy (non-hydrogen) atoms. The van der Waals surface area contributed by atoms with E-state index in [1.807, 2.05) is 42.5 Å². The van der Waals surface area contributed by atoms with Crippen molar-refractivity contribution in [2.45, 2.75) is 5.03 Å². The number of nitrogens with one attached hydrogen (secondary N) is 1. The zero-order valence-corrected chi connectivity index (χ0v) is 15.3. The lowest BCUT2D eigenvalue weighted by Crippen LogP contribution is -2.14. The van der Waals surface area contributed by atoms with Crippen molar-refractivity contribution in [3.8, 4) is 11.3 Å². The van der Waals surface area contributed by atoms with Gasteiger partial charge >= 0.3 is 0 Å². The molecule has 2 aromatic carbocycles. The van der Waals surface area contributed by atoms with Gasteiger partial charge in [0.1, 0.15) is 5.03 Å². The molecule has 7 heteroatoms. The monoisotopic (exact) mass is 389 g/mol. The van der Waals surface area contributed by atoms with E-state index in [2.05, 4.69) is 15.5 Å². The lowest BCUT2D eigenvalue weighted by molar-refractivity contribution is -0.113. The van der Waals surface area contributed by atoms with E-state index >= 15 is 0 Å². The summed E-state index contributed by atoms with van der Waals surface area (Å²) in [5.74, 6) is 0.0666. The predicted octanol–water partition coefficient (Wildman–Crippen LogP) is 5.18. The molecule has 0 saturated heterocycles. The van der Waals surface area contributed by atoms with Crippen molar-refractivity contribution in [2.75, 3.05) is 11.1 Å². The average Bonchev–Trinajstić information content (AvgIpc) is 2.64. The Hall–Kier alpha value is -2.08. The van der Waals surface area contributed by atoms with Crippen molar-refractivity contribution >= 4 is 46.6 Å². The summed E-state index contributed by atoms with van der Waals surface area (Å²) in [5, 5.41) is 12.6. The number of amides is 1. The second kappa shape index (κ2) is 8.34. The number of carbonyl (C=O) groups excluding carboxylic acids is 1. The Morgan fingerprint density at radius 3 is 2.44 bits per heavy atom. The first-order valence-electron chi connectivity index (χ1n) is 7.39. The first-order valence-corrected chi connectivity index (χ1v) is 9.13. The third-order valence-corrected chi connectivity index (χ3v) is 4.92. The van der Waals surface area contributed by atoms with Gasteiger partial charge in [0.25, 0.3) is 0 Å². The Morgan fingerprint density at radius 1 is 0.960 bits per heavy atom. The molecule has 1 heterocycles. The highest BCUT2D eigenvalue weighted by Crippen LogP contribution is 2.25. The van der Waals surface area contributed by atoms with Gasteiger partial charge in [0, 0.05) is 11.3 Å².